The van der Waals surface area contributed by atoms with Gasteiger partial charge < -0.3 is 9.80 Å². The van der Waals surface area contributed by atoms with E-state index < -0.39 is 0 Å². The summed E-state index contributed by atoms with van der Waals surface area (Å²) in [7, 11) is 2.15. The van der Waals surface area contributed by atoms with Crippen LogP contribution in [0.4, 0.5) is 15.8 Å². The van der Waals surface area contributed by atoms with Gasteiger partial charge in [-0.15, -0.1) is 0 Å². The maximum atomic E-state index is 14.7. The molecule has 3 aliphatic heterocycles. The Labute approximate surface area is 135 Å². The van der Waals surface area contributed by atoms with Crippen LogP contribution >= 0.6 is 0 Å². The summed E-state index contributed by atoms with van der Waals surface area (Å²) in [5.74, 6) is -0.144. The Kier molecular flexibility index (Phi) is 2.81. The molecule has 0 radical (unpaired) electrons. The van der Waals surface area contributed by atoms with Crippen LogP contribution in [0.5, 0.6) is 0 Å². The van der Waals surface area contributed by atoms with E-state index >= 15 is 0 Å². The van der Waals surface area contributed by atoms with Gasteiger partial charge in [-0.05, 0) is 38.4 Å². The minimum absolute atomic E-state index is 0.0880. The summed E-state index contributed by atoms with van der Waals surface area (Å²) < 4.78 is 14.7. The van der Waals surface area contributed by atoms with Crippen LogP contribution in [0.15, 0.2) is 12.1 Å². The highest BCUT2D eigenvalue weighted by atomic mass is 19.1. The Morgan fingerprint density at radius 1 is 1.04 bits per heavy atom. The fourth-order valence-electron chi connectivity index (χ4n) is 4.64. The zero-order valence-corrected chi connectivity index (χ0v) is 13.5. The van der Waals surface area contributed by atoms with Gasteiger partial charge >= 0.3 is 0 Å². The molecule has 0 aromatic heterocycles. The first-order valence-electron chi connectivity index (χ1n) is 8.72. The lowest BCUT2D eigenvalue weighted by molar-refractivity contribution is 0.0979. The van der Waals surface area contributed by atoms with Crippen molar-refractivity contribution in [3.8, 4) is 0 Å². The van der Waals surface area contributed by atoms with E-state index in [1.165, 1.54) is 18.9 Å². The number of halogens is 1. The van der Waals surface area contributed by atoms with Gasteiger partial charge in [0.1, 0.15) is 5.82 Å². The first-order chi connectivity index (χ1) is 11.1. The highest BCUT2D eigenvalue weighted by Crippen LogP contribution is 2.42. The number of piperazine rings is 1. The molecule has 122 valence electrons. The second-order valence-electron chi connectivity index (χ2n) is 7.55. The van der Waals surface area contributed by atoms with Crippen LogP contribution < -0.4 is 9.80 Å². The van der Waals surface area contributed by atoms with Crippen LogP contribution in [-0.2, 0) is 0 Å². The number of carbonyl (C=O) groups excluding carboxylic acids is 1. The van der Waals surface area contributed by atoms with Crippen molar-refractivity contribution in [2.24, 2.45) is 0 Å². The lowest BCUT2D eigenvalue weighted by Gasteiger charge is -2.36. The lowest BCUT2D eigenvalue weighted by Crippen LogP contribution is -2.45. The summed E-state index contributed by atoms with van der Waals surface area (Å²) in [4.78, 5) is 19.1. The second kappa shape index (κ2) is 4.69. The summed E-state index contributed by atoms with van der Waals surface area (Å²) in [6, 6.07) is 4.96. The number of ketones is 1. The number of rotatable bonds is 2. The smallest absolute Gasteiger partial charge is 0.166 e. The van der Waals surface area contributed by atoms with E-state index in [1.54, 1.807) is 0 Å². The highest BCUT2D eigenvalue weighted by Gasteiger charge is 2.43. The number of nitrogens with zero attached hydrogens (tertiary/aromatic N) is 3. The maximum absolute atomic E-state index is 14.7. The average molecular weight is 315 g/mol. The van der Waals surface area contributed by atoms with Crippen LogP contribution in [-0.4, -0.2) is 55.5 Å². The summed E-state index contributed by atoms with van der Waals surface area (Å²) in [5.41, 5.74) is 2.26. The molecule has 2 bridgehead atoms. The second-order valence-corrected chi connectivity index (χ2v) is 7.55. The predicted molar refractivity (Wildman–Crippen MR) is 87.9 cm³/mol. The Balaban J connectivity index is 1.55. The largest absolute Gasteiger partial charge is 0.367 e. The van der Waals surface area contributed by atoms with Crippen molar-refractivity contribution in [1.82, 2.24) is 4.90 Å². The molecule has 0 amide bonds. The monoisotopic (exact) mass is 315 g/mol. The summed E-state index contributed by atoms with van der Waals surface area (Å²) in [5, 5.41) is 0. The molecule has 1 aliphatic carbocycles. The molecule has 1 saturated carbocycles. The molecule has 2 saturated heterocycles. The third-order valence-corrected chi connectivity index (χ3v) is 6.07. The molecular formula is C18H22FN3O. The molecule has 5 heteroatoms. The van der Waals surface area contributed by atoms with Gasteiger partial charge in [0.15, 0.2) is 5.78 Å². The average Bonchev–Trinajstić information content (AvgIpc) is 3.20. The van der Waals surface area contributed by atoms with Gasteiger partial charge in [-0.3, -0.25) is 9.69 Å². The van der Waals surface area contributed by atoms with Gasteiger partial charge in [0.05, 0.1) is 11.4 Å². The minimum Gasteiger partial charge on any atom is -0.367 e. The number of benzene rings is 1. The molecule has 5 rings (SSSR count). The molecule has 2 unspecified atom stereocenters. The van der Waals surface area contributed by atoms with E-state index in [1.807, 2.05) is 6.07 Å². The van der Waals surface area contributed by atoms with E-state index in [0.29, 0.717) is 35.8 Å². The third-order valence-electron chi connectivity index (χ3n) is 6.07. The number of likely N-dealkylation sites (tertiary alicyclic amines) is 1. The standard InChI is InChI=1S/C18H22FN3O/c1-20-9-13-6-12(20)10-22(13)17-8-16-14(7-15(17)19)18(23)4-5-21(16)11-2-3-11/h7-8,11-13H,2-6,9-10H2,1H3. The summed E-state index contributed by atoms with van der Waals surface area (Å²) in [6.07, 6.45) is 4.03. The molecular weight excluding hydrogens is 293 g/mol. The zero-order chi connectivity index (χ0) is 15.7. The number of hydrogen-bond donors (Lipinski definition) is 0. The van der Waals surface area contributed by atoms with Gasteiger partial charge in [0.25, 0.3) is 0 Å². The Morgan fingerprint density at radius 2 is 1.87 bits per heavy atom. The van der Waals surface area contributed by atoms with Gasteiger partial charge in [0.2, 0.25) is 0 Å². The van der Waals surface area contributed by atoms with E-state index in [4.69, 9.17) is 0 Å². The lowest BCUT2D eigenvalue weighted by atomic mass is 9.98. The number of fused-ring (bicyclic) bond motifs is 3. The van der Waals surface area contributed by atoms with Crippen molar-refractivity contribution >= 4 is 17.2 Å². The zero-order valence-electron chi connectivity index (χ0n) is 13.5. The molecule has 2 atom stereocenters. The van der Waals surface area contributed by atoms with Crippen LogP contribution in [0.25, 0.3) is 0 Å². The molecule has 3 heterocycles. The number of hydrogen-bond acceptors (Lipinski definition) is 4. The molecule has 1 aromatic carbocycles. The van der Waals surface area contributed by atoms with Crippen molar-refractivity contribution in [1.29, 1.82) is 0 Å². The van der Waals surface area contributed by atoms with Gasteiger partial charge in [-0.2, -0.15) is 0 Å². The third kappa shape index (κ3) is 2.02. The molecule has 4 nitrogen and oxygen atoms in total. The summed E-state index contributed by atoms with van der Waals surface area (Å²) in [6.45, 7) is 2.69. The fraction of sp³-hybridized carbons (Fsp3) is 0.611. The summed E-state index contributed by atoms with van der Waals surface area (Å²) >= 11 is 0. The Morgan fingerprint density at radius 3 is 2.52 bits per heavy atom. The minimum atomic E-state index is -0.232. The molecule has 1 aromatic rings. The van der Waals surface area contributed by atoms with Crippen molar-refractivity contribution in [3.63, 3.8) is 0 Å². The molecule has 0 N–H and O–H groups in total. The van der Waals surface area contributed by atoms with Crippen LogP contribution in [0.3, 0.4) is 0 Å². The van der Waals surface area contributed by atoms with Gasteiger partial charge in [-0.25, -0.2) is 4.39 Å². The van der Waals surface area contributed by atoms with Crippen molar-refractivity contribution in [2.75, 3.05) is 36.5 Å². The van der Waals surface area contributed by atoms with Crippen molar-refractivity contribution in [2.45, 2.75) is 43.8 Å². The van der Waals surface area contributed by atoms with E-state index in [2.05, 4.69) is 21.7 Å². The molecule has 0 spiro atoms. The van der Waals surface area contributed by atoms with Crippen molar-refractivity contribution in [3.05, 3.63) is 23.5 Å². The predicted octanol–water partition coefficient (Wildman–Crippen LogP) is 2.27. The topological polar surface area (TPSA) is 26.8 Å². The first-order valence-corrected chi connectivity index (χ1v) is 8.72. The Hall–Kier alpha value is -1.62. The number of anilines is 2. The number of carbonyl (C=O) groups is 1. The van der Waals surface area contributed by atoms with Gasteiger partial charge in [-0.1, -0.05) is 0 Å². The van der Waals surface area contributed by atoms with E-state index in [-0.39, 0.29) is 11.6 Å². The van der Waals surface area contributed by atoms with E-state index in [9.17, 15) is 9.18 Å². The Bertz CT molecular complexity index is 685. The maximum Gasteiger partial charge on any atom is 0.166 e. The van der Waals surface area contributed by atoms with Crippen LogP contribution in [0.2, 0.25) is 0 Å². The SMILES string of the molecule is CN1CC2CC1CN2c1cc2c(cc1F)C(=O)CCN2C1CC1. The fourth-order valence-corrected chi connectivity index (χ4v) is 4.64. The van der Waals surface area contributed by atoms with Crippen molar-refractivity contribution < 1.29 is 9.18 Å². The number of likely N-dealkylation sites (N-methyl/N-ethyl adjacent to an activating group) is 1. The highest BCUT2D eigenvalue weighted by molar-refractivity contribution is 6.04. The quantitative estimate of drug-likeness (QED) is 0.836. The van der Waals surface area contributed by atoms with Gasteiger partial charge in [0, 0.05) is 49.7 Å². The first kappa shape index (κ1) is 13.8. The van der Waals surface area contributed by atoms with Crippen LogP contribution in [0, 0.1) is 5.82 Å². The van der Waals surface area contributed by atoms with Crippen LogP contribution in [0.1, 0.15) is 36.0 Å². The normalized spacial score (nSPS) is 30.3. The van der Waals surface area contributed by atoms with E-state index in [0.717, 1.165) is 31.7 Å². The molecule has 23 heavy (non-hydrogen) atoms. The number of Topliss-reactive ketones (excluding diaryl/α,β-unsaturated/α-hetero) is 1. The molecule has 3 fully saturated rings. The molecule has 4 aliphatic rings.